The molecular weight excluding hydrogens is 215 g/mol. The van der Waals surface area contributed by atoms with Crippen LogP contribution in [0.5, 0.6) is 0 Å². The van der Waals surface area contributed by atoms with E-state index in [-0.39, 0.29) is 11.3 Å². The van der Waals surface area contributed by atoms with Gasteiger partial charge in [-0.1, -0.05) is 43.3 Å². The number of carbonyl (C=O) groups is 1. The average molecular weight is 228 g/mol. The van der Waals surface area contributed by atoms with E-state index < -0.39 is 5.82 Å². The van der Waals surface area contributed by atoms with Crippen molar-refractivity contribution in [1.29, 1.82) is 0 Å². The Morgan fingerprint density at radius 2 is 1.71 bits per heavy atom. The van der Waals surface area contributed by atoms with Crippen LogP contribution in [0.4, 0.5) is 4.39 Å². The monoisotopic (exact) mass is 228 g/mol. The molecule has 0 aliphatic rings. The van der Waals surface area contributed by atoms with Crippen molar-refractivity contribution in [1.82, 2.24) is 0 Å². The van der Waals surface area contributed by atoms with Gasteiger partial charge in [0.25, 0.3) is 0 Å². The minimum atomic E-state index is -0.475. The maximum Gasteiger partial charge on any atom is 0.195 e. The van der Waals surface area contributed by atoms with Gasteiger partial charge in [0, 0.05) is 5.56 Å². The summed E-state index contributed by atoms with van der Waals surface area (Å²) in [4.78, 5) is 12.0. The Bertz CT molecular complexity index is 529. The minimum Gasteiger partial charge on any atom is -0.288 e. The summed E-state index contributed by atoms with van der Waals surface area (Å²) in [7, 11) is 0. The van der Waals surface area contributed by atoms with Crippen LogP contribution in [-0.2, 0) is 6.42 Å². The lowest BCUT2D eigenvalue weighted by atomic mass is 10.0. The van der Waals surface area contributed by atoms with Gasteiger partial charge in [-0.15, -0.1) is 0 Å². The van der Waals surface area contributed by atoms with E-state index in [9.17, 15) is 9.18 Å². The van der Waals surface area contributed by atoms with Crippen LogP contribution in [-0.4, -0.2) is 5.78 Å². The van der Waals surface area contributed by atoms with Gasteiger partial charge in [0.2, 0.25) is 0 Å². The van der Waals surface area contributed by atoms with Crippen LogP contribution in [0.1, 0.15) is 28.4 Å². The third kappa shape index (κ3) is 2.41. The van der Waals surface area contributed by atoms with Crippen molar-refractivity contribution < 1.29 is 9.18 Å². The normalized spacial score (nSPS) is 10.2. The first kappa shape index (κ1) is 11.5. The molecule has 0 saturated heterocycles. The summed E-state index contributed by atoms with van der Waals surface area (Å²) in [6.45, 7) is 2.05. The first-order chi connectivity index (χ1) is 8.22. The predicted molar refractivity (Wildman–Crippen MR) is 65.7 cm³/mol. The first-order valence-corrected chi connectivity index (χ1v) is 5.60. The molecule has 0 spiro atoms. The lowest BCUT2D eigenvalue weighted by molar-refractivity contribution is 0.103. The zero-order valence-corrected chi connectivity index (χ0v) is 9.61. The molecule has 0 bridgehead atoms. The summed E-state index contributed by atoms with van der Waals surface area (Å²) in [5, 5.41) is 0. The van der Waals surface area contributed by atoms with E-state index >= 15 is 0 Å². The molecular formula is C15H13FO. The molecule has 2 aromatic rings. The molecule has 0 amide bonds. The number of hydrogen-bond donors (Lipinski definition) is 0. The van der Waals surface area contributed by atoms with Crippen molar-refractivity contribution in [3.05, 3.63) is 71.0 Å². The third-order valence-electron chi connectivity index (χ3n) is 2.74. The highest BCUT2D eigenvalue weighted by Crippen LogP contribution is 2.14. The van der Waals surface area contributed by atoms with Crippen LogP contribution in [0.3, 0.4) is 0 Å². The van der Waals surface area contributed by atoms with Crippen molar-refractivity contribution in [2.75, 3.05) is 0 Å². The molecule has 0 radical (unpaired) electrons. The van der Waals surface area contributed by atoms with Gasteiger partial charge >= 0.3 is 0 Å². The zero-order chi connectivity index (χ0) is 12.3. The summed E-state index contributed by atoms with van der Waals surface area (Å²) in [6, 6.07) is 13.3. The summed E-state index contributed by atoms with van der Waals surface area (Å²) in [5.41, 5.74) is 1.80. The molecule has 17 heavy (non-hydrogen) atoms. The van der Waals surface area contributed by atoms with Crippen LogP contribution in [0.15, 0.2) is 48.5 Å². The Kier molecular flexibility index (Phi) is 3.33. The standard InChI is InChI=1S/C15H13FO/c1-2-11-7-9-12(10-8-11)15(17)13-5-3-4-6-14(13)16/h3-10H,2H2,1H3. The summed E-state index contributed by atoms with van der Waals surface area (Å²) in [5.74, 6) is -0.747. The van der Waals surface area contributed by atoms with Gasteiger partial charge in [-0.2, -0.15) is 0 Å². The number of rotatable bonds is 3. The molecule has 0 heterocycles. The van der Waals surface area contributed by atoms with E-state index in [0.29, 0.717) is 5.56 Å². The van der Waals surface area contributed by atoms with Crippen molar-refractivity contribution >= 4 is 5.78 Å². The second kappa shape index (κ2) is 4.91. The van der Waals surface area contributed by atoms with Crippen LogP contribution in [0.2, 0.25) is 0 Å². The molecule has 0 saturated carbocycles. The topological polar surface area (TPSA) is 17.1 Å². The van der Waals surface area contributed by atoms with E-state index in [1.54, 1.807) is 24.3 Å². The Morgan fingerprint density at radius 1 is 1.06 bits per heavy atom. The molecule has 0 aromatic heterocycles. The largest absolute Gasteiger partial charge is 0.288 e. The maximum atomic E-state index is 13.5. The molecule has 0 aliphatic carbocycles. The SMILES string of the molecule is CCc1ccc(C(=O)c2ccccc2F)cc1. The van der Waals surface area contributed by atoms with Gasteiger partial charge in [0.1, 0.15) is 5.82 Å². The van der Waals surface area contributed by atoms with Gasteiger partial charge in [-0.25, -0.2) is 4.39 Å². The summed E-state index contributed by atoms with van der Waals surface area (Å²) < 4.78 is 13.5. The second-order valence-electron chi connectivity index (χ2n) is 3.86. The minimum absolute atomic E-state index is 0.122. The lowest BCUT2D eigenvalue weighted by Gasteiger charge is -2.03. The average Bonchev–Trinajstić information content (AvgIpc) is 2.39. The van der Waals surface area contributed by atoms with E-state index in [1.165, 1.54) is 12.1 Å². The fraction of sp³-hybridized carbons (Fsp3) is 0.133. The van der Waals surface area contributed by atoms with E-state index in [1.807, 2.05) is 19.1 Å². The summed E-state index contributed by atoms with van der Waals surface area (Å²) >= 11 is 0. The molecule has 0 atom stereocenters. The number of ketones is 1. The van der Waals surface area contributed by atoms with Gasteiger partial charge in [-0.3, -0.25) is 4.79 Å². The highest BCUT2D eigenvalue weighted by molar-refractivity contribution is 6.09. The molecule has 2 rings (SSSR count). The second-order valence-corrected chi connectivity index (χ2v) is 3.86. The molecule has 2 aromatic carbocycles. The Morgan fingerprint density at radius 3 is 2.29 bits per heavy atom. The molecule has 0 unspecified atom stereocenters. The van der Waals surface area contributed by atoms with Crippen molar-refractivity contribution in [3.63, 3.8) is 0 Å². The number of aryl methyl sites for hydroxylation is 1. The zero-order valence-electron chi connectivity index (χ0n) is 9.61. The van der Waals surface area contributed by atoms with E-state index in [4.69, 9.17) is 0 Å². The predicted octanol–water partition coefficient (Wildman–Crippen LogP) is 3.62. The molecule has 2 heteroatoms. The van der Waals surface area contributed by atoms with Crippen LogP contribution in [0, 0.1) is 5.82 Å². The highest BCUT2D eigenvalue weighted by Gasteiger charge is 2.12. The molecule has 1 nitrogen and oxygen atoms in total. The van der Waals surface area contributed by atoms with E-state index in [2.05, 4.69) is 0 Å². The van der Waals surface area contributed by atoms with Crippen LogP contribution < -0.4 is 0 Å². The highest BCUT2D eigenvalue weighted by atomic mass is 19.1. The van der Waals surface area contributed by atoms with Gasteiger partial charge in [0.15, 0.2) is 5.78 Å². The molecule has 0 fully saturated rings. The smallest absolute Gasteiger partial charge is 0.195 e. The van der Waals surface area contributed by atoms with Gasteiger partial charge in [0.05, 0.1) is 5.56 Å². The quantitative estimate of drug-likeness (QED) is 0.733. The number of hydrogen-bond acceptors (Lipinski definition) is 1. The van der Waals surface area contributed by atoms with Gasteiger partial charge < -0.3 is 0 Å². The number of halogens is 1. The lowest BCUT2D eigenvalue weighted by Crippen LogP contribution is -2.03. The number of carbonyl (C=O) groups excluding carboxylic acids is 1. The van der Waals surface area contributed by atoms with Crippen LogP contribution >= 0.6 is 0 Å². The Balaban J connectivity index is 2.34. The number of benzene rings is 2. The van der Waals surface area contributed by atoms with Crippen molar-refractivity contribution in [3.8, 4) is 0 Å². The Labute approximate surface area is 99.9 Å². The fourth-order valence-electron chi connectivity index (χ4n) is 1.69. The summed E-state index contributed by atoms with van der Waals surface area (Å²) in [6.07, 6.45) is 0.925. The molecule has 0 N–H and O–H groups in total. The van der Waals surface area contributed by atoms with Crippen molar-refractivity contribution in [2.24, 2.45) is 0 Å². The van der Waals surface area contributed by atoms with E-state index in [0.717, 1.165) is 12.0 Å². The van der Waals surface area contributed by atoms with Crippen molar-refractivity contribution in [2.45, 2.75) is 13.3 Å². The third-order valence-corrected chi connectivity index (χ3v) is 2.74. The fourth-order valence-corrected chi connectivity index (χ4v) is 1.69. The maximum absolute atomic E-state index is 13.5. The first-order valence-electron chi connectivity index (χ1n) is 5.60. The molecule has 86 valence electrons. The van der Waals surface area contributed by atoms with Gasteiger partial charge in [-0.05, 0) is 24.1 Å². The molecule has 0 aliphatic heterocycles. The Hall–Kier alpha value is -1.96. The van der Waals surface area contributed by atoms with Crippen LogP contribution in [0.25, 0.3) is 0 Å².